The van der Waals surface area contributed by atoms with E-state index in [0.717, 1.165) is 16.7 Å². The highest BCUT2D eigenvalue weighted by Crippen LogP contribution is 2.27. The van der Waals surface area contributed by atoms with Crippen molar-refractivity contribution in [2.45, 2.75) is 32.6 Å². The van der Waals surface area contributed by atoms with Crippen molar-refractivity contribution in [1.82, 2.24) is 4.72 Å². The van der Waals surface area contributed by atoms with E-state index in [2.05, 4.69) is 4.72 Å². The number of aryl methyl sites for hydroxylation is 2. The fourth-order valence-corrected chi connectivity index (χ4v) is 4.68. The zero-order chi connectivity index (χ0) is 17.2. The molecule has 2 aromatic rings. The fourth-order valence-electron chi connectivity index (χ4n) is 2.55. The summed E-state index contributed by atoms with van der Waals surface area (Å²) in [5, 5.41) is 0.698. The van der Waals surface area contributed by atoms with E-state index in [1.54, 1.807) is 18.2 Å². The average Bonchev–Trinajstić information content (AvgIpc) is 2.42. The van der Waals surface area contributed by atoms with Crippen LogP contribution in [0.5, 0.6) is 0 Å². The van der Waals surface area contributed by atoms with E-state index >= 15 is 0 Å². The average molecular weight is 372 g/mol. The predicted octanol–water partition coefficient (Wildman–Crippen LogP) is 4.79. The van der Waals surface area contributed by atoms with Gasteiger partial charge in [0.1, 0.15) is 0 Å². The van der Waals surface area contributed by atoms with Gasteiger partial charge in [-0.05, 0) is 44.0 Å². The molecule has 124 valence electrons. The van der Waals surface area contributed by atoms with Crippen LogP contribution < -0.4 is 4.72 Å². The lowest BCUT2D eigenvalue weighted by atomic mass is 10.0. The fraction of sp³-hybridized carbons (Fsp3) is 0.294. The summed E-state index contributed by atoms with van der Waals surface area (Å²) in [4.78, 5) is 0. The molecule has 6 heteroatoms. The minimum absolute atomic E-state index is 0.249. The van der Waals surface area contributed by atoms with Crippen molar-refractivity contribution < 1.29 is 8.42 Å². The molecule has 1 unspecified atom stereocenters. The Morgan fingerprint density at radius 1 is 1.09 bits per heavy atom. The number of nitrogens with one attached hydrogen (secondary N) is 1. The molecule has 0 aliphatic rings. The number of sulfonamides is 1. The molecule has 2 aromatic carbocycles. The van der Waals surface area contributed by atoms with Gasteiger partial charge in [0.15, 0.2) is 0 Å². The molecular formula is C17H19Cl2NO2S. The first-order valence-electron chi connectivity index (χ1n) is 7.19. The van der Waals surface area contributed by atoms with E-state index in [9.17, 15) is 8.42 Å². The summed E-state index contributed by atoms with van der Waals surface area (Å²) in [6, 6.07) is 10.6. The van der Waals surface area contributed by atoms with Gasteiger partial charge < -0.3 is 0 Å². The molecule has 0 spiro atoms. The number of hydrogen-bond donors (Lipinski definition) is 1. The van der Waals surface area contributed by atoms with Crippen molar-refractivity contribution in [1.29, 1.82) is 0 Å². The van der Waals surface area contributed by atoms with Crippen LogP contribution in [-0.4, -0.2) is 8.42 Å². The lowest BCUT2D eigenvalue weighted by Crippen LogP contribution is -2.28. The highest BCUT2D eigenvalue weighted by Gasteiger charge is 2.20. The summed E-state index contributed by atoms with van der Waals surface area (Å²) in [7, 11) is -3.57. The molecule has 23 heavy (non-hydrogen) atoms. The van der Waals surface area contributed by atoms with Crippen molar-refractivity contribution in [3.63, 3.8) is 0 Å². The Hall–Kier alpha value is -1.07. The van der Waals surface area contributed by atoms with Crippen LogP contribution in [0.1, 0.15) is 35.2 Å². The molecule has 2 rings (SSSR count). The van der Waals surface area contributed by atoms with E-state index < -0.39 is 10.0 Å². The van der Waals surface area contributed by atoms with E-state index in [0.29, 0.717) is 15.6 Å². The third kappa shape index (κ3) is 4.70. The molecule has 0 saturated heterocycles. The molecule has 0 heterocycles. The SMILES string of the molecule is Cc1ccc(C(C)NS(=O)(=O)Cc2c(Cl)cccc2Cl)c(C)c1. The second kappa shape index (κ2) is 7.22. The van der Waals surface area contributed by atoms with Crippen LogP contribution in [0, 0.1) is 13.8 Å². The summed E-state index contributed by atoms with van der Waals surface area (Å²) < 4.78 is 27.6. The van der Waals surface area contributed by atoms with Crippen LogP contribution in [0.15, 0.2) is 36.4 Å². The number of benzene rings is 2. The molecule has 0 aliphatic heterocycles. The largest absolute Gasteiger partial charge is 0.216 e. The summed E-state index contributed by atoms with van der Waals surface area (Å²) in [6.07, 6.45) is 0. The molecule has 1 N–H and O–H groups in total. The first kappa shape index (κ1) is 18.3. The quantitative estimate of drug-likeness (QED) is 0.820. The highest BCUT2D eigenvalue weighted by atomic mass is 35.5. The van der Waals surface area contributed by atoms with Gasteiger partial charge in [-0.25, -0.2) is 13.1 Å². The van der Waals surface area contributed by atoms with Crippen LogP contribution in [0.4, 0.5) is 0 Å². The Balaban J connectivity index is 2.21. The zero-order valence-electron chi connectivity index (χ0n) is 13.2. The number of hydrogen-bond acceptors (Lipinski definition) is 2. The van der Waals surface area contributed by atoms with Crippen molar-refractivity contribution in [3.8, 4) is 0 Å². The van der Waals surface area contributed by atoms with Crippen molar-refractivity contribution in [3.05, 3.63) is 68.7 Å². The Kier molecular flexibility index (Phi) is 5.74. The van der Waals surface area contributed by atoms with Gasteiger partial charge in [0.05, 0.1) is 5.75 Å². The van der Waals surface area contributed by atoms with Crippen molar-refractivity contribution >= 4 is 33.2 Å². The van der Waals surface area contributed by atoms with Gasteiger partial charge in [0.2, 0.25) is 10.0 Å². The molecule has 0 aromatic heterocycles. The normalized spacial score (nSPS) is 13.1. The minimum Gasteiger partial charge on any atom is -0.212 e. The molecule has 3 nitrogen and oxygen atoms in total. The first-order chi connectivity index (χ1) is 10.7. The third-order valence-electron chi connectivity index (χ3n) is 3.64. The summed E-state index contributed by atoms with van der Waals surface area (Å²) in [5.74, 6) is -0.249. The maximum atomic E-state index is 12.4. The standard InChI is InChI=1S/C17H19Cl2NO2S/c1-11-7-8-14(12(2)9-11)13(3)20-23(21,22)10-15-16(18)5-4-6-17(15)19/h4-9,13,20H,10H2,1-3H3. The van der Waals surface area contributed by atoms with Gasteiger partial charge >= 0.3 is 0 Å². The molecule has 0 radical (unpaired) electrons. The number of halogens is 2. The monoisotopic (exact) mass is 371 g/mol. The molecular weight excluding hydrogens is 353 g/mol. The van der Waals surface area contributed by atoms with E-state index in [4.69, 9.17) is 23.2 Å². The lowest BCUT2D eigenvalue weighted by molar-refractivity contribution is 0.565. The molecule has 0 bridgehead atoms. The molecule has 0 saturated carbocycles. The lowest BCUT2D eigenvalue weighted by Gasteiger charge is -2.18. The Bertz CT molecular complexity index is 799. The third-order valence-corrected chi connectivity index (χ3v) is 5.73. The number of rotatable bonds is 5. The van der Waals surface area contributed by atoms with Crippen LogP contribution >= 0.6 is 23.2 Å². The smallest absolute Gasteiger partial charge is 0.212 e. The van der Waals surface area contributed by atoms with Gasteiger partial charge in [-0.2, -0.15) is 0 Å². The molecule has 0 aliphatic carbocycles. The molecule has 0 fully saturated rings. The van der Waals surface area contributed by atoms with E-state index in [-0.39, 0.29) is 11.8 Å². The maximum absolute atomic E-state index is 12.4. The van der Waals surface area contributed by atoms with E-state index in [1.807, 2.05) is 39.0 Å². The van der Waals surface area contributed by atoms with E-state index in [1.165, 1.54) is 0 Å². The van der Waals surface area contributed by atoms with Gasteiger partial charge in [-0.1, -0.05) is 53.0 Å². The van der Waals surface area contributed by atoms with Crippen LogP contribution in [0.2, 0.25) is 10.0 Å². The Labute approximate surface area is 147 Å². The Morgan fingerprint density at radius 3 is 2.26 bits per heavy atom. The van der Waals surface area contributed by atoms with Crippen molar-refractivity contribution in [2.24, 2.45) is 0 Å². The summed E-state index contributed by atoms with van der Waals surface area (Å²) in [6.45, 7) is 5.80. The van der Waals surface area contributed by atoms with Gasteiger partial charge in [-0.15, -0.1) is 0 Å². The zero-order valence-corrected chi connectivity index (χ0v) is 15.6. The van der Waals surface area contributed by atoms with Gasteiger partial charge in [-0.3, -0.25) is 0 Å². The topological polar surface area (TPSA) is 46.2 Å². The second-order valence-electron chi connectivity index (χ2n) is 5.66. The highest BCUT2D eigenvalue weighted by molar-refractivity contribution is 7.88. The maximum Gasteiger partial charge on any atom is 0.216 e. The summed E-state index contributed by atoms with van der Waals surface area (Å²) >= 11 is 12.1. The predicted molar refractivity (Wildman–Crippen MR) is 96.6 cm³/mol. The van der Waals surface area contributed by atoms with Gasteiger partial charge in [0.25, 0.3) is 0 Å². The van der Waals surface area contributed by atoms with Crippen LogP contribution in [-0.2, 0) is 15.8 Å². The van der Waals surface area contributed by atoms with Gasteiger partial charge in [0, 0.05) is 21.7 Å². The summed E-state index contributed by atoms with van der Waals surface area (Å²) in [5.41, 5.74) is 3.56. The first-order valence-corrected chi connectivity index (χ1v) is 9.60. The van der Waals surface area contributed by atoms with Crippen LogP contribution in [0.25, 0.3) is 0 Å². The second-order valence-corrected chi connectivity index (χ2v) is 8.23. The van der Waals surface area contributed by atoms with Crippen molar-refractivity contribution in [2.75, 3.05) is 0 Å². The Morgan fingerprint density at radius 2 is 1.70 bits per heavy atom. The van der Waals surface area contributed by atoms with Crippen LogP contribution in [0.3, 0.4) is 0 Å². The minimum atomic E-state index is -3.57. The molecule has 1 atom stereocenters. The molecule has 0 amide bonds.